The predicted molar refractivity (Wildman–Crippen MR) is 315 cm³/mol. The minimum Gasteiger partial charge on any atom is -0.456 e. The maximum Gasteiger partial charge on any atom is 0.220 e. The summed E-state index contributed by atoms with van der Waals surface area (Å²) < 4.78 is 15.7. The van der Waals surface area contributed by atoms with Crippen LogP contribution in [0.1, 0.15) is 5.56 Å². The summed E-state index contributed by atoms with van der Waals surface area (Å²) in [6.45, 7) is 9.47. The summed E-state index contributed by atoms with van der Waals surface area (Å²) in [7, 11) is 0. The maximum atomic E-state index is 12.2. The molecule has 0 amide bonds. The molecule has 11 aromatic carbocycles. The van der Waals surface area contributed by atoms with E-state index in [0.717, 1.165) is 119 Å². The zero-order valence-electron chi connectivity index (χ0n) is 39.8. The minimum atomic E-state index is 0.402. The first-order chi connectivity index (χ1) is 37.1. The number of benzene rings is 11. The van der Waals surface area contributed by atoms with Gasteiger partial charge in [0.2, 0.25) is 5.69 Å². The summed E-state index contributed by atoms with van der Waals surface area (Å²) in [5.74, 6) is 0. The molecule has 16 aromatic rings. The molecule has 5 aromatic heterocycles. The van der Waals surface area contributed by atoms with E-state index in [2.05, 4.69) is 190 Å². The number of fused-ring (bicyclic) bond motifs is 17. The molecule has 16 rings (SSSR count). The zero-order chi connectivity index (χ0) is 49.5. The summed E-state index contributed by atoms with van der Waals surface area (Å²) in [4.78, 5) is 4.62. The fourth-order valence-electron chi connectivity index (χ4n) is 12.2. The number of furan rings is 1. The lowest BCUT2D eigenvalue weighted by atomic mass is 9.88. The van der Waals surface area contributed by atoms with E-state index >= 15 is 0 Å². The molecule has 0 radical (unpaired) electrons. The summed E-state index contributed by atoms with van der Waals surface area (Å²) in [5.41, 5.74) is 13.1. The third-order valence-electron chi connectivity index (χ3n) is 15.4. The van der Waals surface area contributed by atoms with Gasteiger partial charge in [0.1, 0.15) is 17.2 Å². The van der Waals surface area contributed by atoms with E-state index in [9.17, 15) is 11.8 Å². The smallest absolute Gasteiger partial charge is 0.220 e. The summed E-state index contributed by atoms with van der Waals surface area (Å²) in [5, 5.41) is 23.4. The first-order valence-corrected chi connectivity index (χ1v) is 26.5. The Balaban J connectivity index is 1.14. The molecular weight excluding hydrogens is 953 g/mol. The third-order valence-corrected chi connectivity index (χ3v) is 17.8. The van der Waals surface area contributed by atoms with Crippen molar-refractivity contribution < 1.29 is 4.42 Å². The van der Waals surface area contributed by atoms with Crippen LogP contribution < -0.4 is 0 Å². The van der Waals surface area contributed by atoms with E-state index in [-0.39, 0.29) is 0 Å². The molecule has 0 fully saturated rings. The van der Waals surface area contributed by atoms with Gasteiger partial charge in [0, 0.05) is 74.4 Å². The predicted octanol–water partition coefficient (Wildman–Crippen LogP) is 19.9. The van der Waals surface area contributed by atoms with Crippen LogP contribution in [-0.4, -0.2) is 9.13 Å². The highest BCUT2D eigenvalue weighted by Crippen LogP contribution is 2.55. The molecule has 5 nitrogen and oxygen atoms in total. The van der Waals surface area contributed by atoms with E-state index < -0.39 is 0 Å². The number of rotatable bonds is 5. The Kier molecular flexibility index (Phi) is 8.85. The molecule has 0 spiro atoms. The normalized spacial score (nSPS) is 12.0. The highest BCUT2D eigenvalue weighted by atomic mass is 32.1. The fraction of sp³-hybridized carbons (Fsp3) is 0. The Bertz CT molecular complexity index is 5080. The minimum absolute atomic E-state index is 0.402. The van der Waals surface area contributed by atoms with Crippen molar-refractivity contribution in [3.8, 4) is 50.8 Å². The van der Waals surface area contributed by atoms with Crippen molar-refractivity contribution in [1.29, 1.82) is 5.26 Å². The second-order valence-corrected chi connectivity index (χ2v) is 21.3. The van der Waals surface area contributed by atoms with Gasteiger partial charge in [-0.05, 0) is 64.7 Å². The van der Waals surface area contributed by atoms with Gasteiger partial charge < -0.3 is 13.6 Å². The first kappa shape index (κ1) is 41.8. The zero-order valence-corrected chi connectivity index (χ0v) is 41.4. The highest BCUT2D eigenvalue weighted by molar-refractivity contribution is 7.27. The lowest BCUT2D eigenvalue weighted by Crippen LogP contribution is -2.09. The molecular formula is C68H36N4OS2. The van der Waals surface area contributed by atoms with Crippen molar-refractivity contribution in [3.05, 3.63) is 235 Å². The molecule has 346 valence electrons. The molecule has 0 aliphatic rings. The van der Waals surface area contributed by atoms with Gasteiger partial charge in [0.15, 0.2) is 0 Å². The second kappa shape index (κ2) is 15.9. The average Bonchev–Trinajstić information content (AvgIpc) is 4.42. The number of thiophene rings is 2. The van der Waals surface area contributed by atoms with E-state index in [1.165, 1.54) is 20.2 Å². The van der Waals surface area contributed by atoms with Gasteiger partial charge in [-0.15, -0.1) is 22.7 Å². The van der Waals surface area contributed by atoms with Crippen molar-refractivity contribution in [3.63, 3.8) is 0 Å². The number of hydrogen-bond acceptors (Lipinski definition) is 4. The molecule has 0 N–H and O–H groups in total. The molecule has 0 saturated heterocycles. The molecule has 5 heterocycles. The van der Waals surface area contributed by atoms with Crippen LogP contribution in [0.5, 0.6) is 0 Å². The van der Waals surface area contributed by atoms with Crippen molar-refractivity contribution in [2.45, 2.75) is 0 Å². The lowest BCUT2D eigenvalue weighted by molar-refractivity contribution is 0.669. The Morgan fingerprint density at radius 3 is 1.56 bits per heavy atom. The van der Waals surface area contributed by atoms with Crippen molar-refractivity contribution in [2.24, 2.45) is 0 Å². The van der Waals surface area contributed by atoms with Crippen LogP contribution in [-0.2, 0) is 0 Å². The van der Waals surface area contributed by atoms with Crippen LogP contribution in [0, 0.1) is 17.9 Å². The largest absolute Gasteiger partial charge is 0.456 e. The van der Waals surface area contributed by atoms with Crippen LogP contribution in [0.4, 0.5) is 5.69 Å². The van der Waals surface area contributed by atoms with Crippen LogP contribution >= 0.6 is 22.7 Å². The Morgan fingerprint density at radius 2 is 0.907 bits per heavy atom. The van der Waals surface area contributed by atoms with E-state index in [1.54, 1.807) is 22.7 Å². The Hall–Kier alpha value is -9.76. The van der Waals surface area contributed by atoms with Gasteiger partial charge >= 0.3 is 0 Å². The molecule has 0 bridgehead atoms. The lowest BCUT2D eigenvalue weighted by Gasteiger charge is -2.26. The van der Waals surface area contributed by atoms with E-state index in [4.69, 9.17) is 4.42 Å². The van der Waals surface area contributed by atoms with E-state index in [1.807, 2.05) is 48.5 Å². The number of para-hydroxylation sites is 2. The SMILES string of the molecule is [C-]#[N+]c1c(-c2ccccc2)c(C#N)c(-n2c3c(ccc4c5ccccc5sc43)c3ccc4c5ccccc5sc4c32)c(-c2ccccc2)c1-n1c2ccccc2c2ccc(-c3ccc4oc5ccccc5c4c3)cc21. The monoisotopic (exact) mass is 988 g/mol. The van der Waals surface area contributed by atoms with Crippen molar-refractivity contribution >= 4 is 134 Å². The number of hydrogen-bond donors (Lipinski definition) is 0. The average molecular weight is 989 g/mol. The van der Waals surface area contributed by atoms with Gasteiger partial charge in [-0.1, -0.05) is 176 Å². The van der Waals surface area contributed by atoms with Crippen LogP contribution in [0.25, 0.3) is 155 Å². The van der Waals surface area contributed by atoms with Gasteiger partial charge in [-0.3, -0.25) is 0 Å². The molecule has 0 aliphatic heterocycles. The molecule has 0 saturated carbocycles. The second-order valence-electron chi connectivity index (χ2n) is 19.2. The van der Waals surface area contributed by atoms with Gasteiger partial charge in [0.05, 0.1) is 55.0 Å². The summed E-state index contributed by atoms with van der Waals surface area (Å²) in [6, 6.07) is 79.7. The van der Waals surface area contributed by atoms with Gasteiger partial charge in [0.25, 0.3) is 0 Å². The molecule has 7 heteroatoms. The van der Waals surface area contributed by atoms with Crippen LogP contribution in [0.15, 0.2) is 223 Å². The maximum absolute atomic E-state index is 12.2. The first-order valence-electron chi connectivity index (χ1n) is 24.9. The van der Waals surface area contributed by atoms with Crippen LogP contribution in [0.2, 0.25) is 0 Å². The number of aromatic nitrogens is 2. The molecule has 0 unspecified atom stereocenters. The molecule has 0 aliphatic carbocycles. The van der Waals surface area contributed by atoms with Crippen molar-refractivity contribution in [1.82, 2.24) is 9.13 Å². The van der Waals surface area contributed by atoms with Gasteiger partial charge in [-0.2, -0.15) is 5.26 Å². The highest BCUT2D eigenvalue weighted by Gasteiger charge is 2.33. The number of nitrogens with zero attached hydrogens (tertiary/aromatic N) is 4. The number of nitriles is 1. The summed E-state index contributed by atoms with van der Waals surface area (Å²) >= 11 is 3.59. The quantitative estimate of drug-likeness (QED) is 0.161. The molecule has 0 atom stereocenters. The Morgan fingerprint density at radius 1 is 0.400 bits per heavy atom. The van der Waals surface area contributed by atoms with Crippen molar-refractivity contribution in [2.75, 3.05) is 0 Å². The van der Waals surface area contributed by atoms with Crippen LogP contribution in [0.3, 0.4) is 0 Å². The third kappa shape index (κ3) is 5.85. The standard InChI is InChI=1S/C68H36N4OS2/c1-70-62-60(39-16-4-2-5-17-39)53(38-69)63(72-64-48(31-33-50-46-22-10-14-26-58(46)74-67(50)64)49-32-34-51-47-23-11-15-27-59(47)75-68(51)65(49)72)61(40-18-6-3-7-19-40)66(62)71-54-24-12-8-20-43(54)44-30-28-42(37-55(44)71)41-29-35-57-52(36-41)45-21-9-13-25-56(45)73-57/h2-37H. The van der Waals surface area contributed by atoms with E-state index in [0.29, 0.717) is 22.5 Å². The summed E-state index contributed by atoms with van der Waals surface area (Å²) in [6.07, 6.45) is 0. The Labute approximate surface area is 436 Å². The molecule has 75 heavy (non-hydrogen) atoms. The topological polar surface area (TPSA) is 51.1 Å². The fourth-order valence-corrected chi connectivity index (χ4v) is 14.7. The van der Waals surface area contributed by atoms with Gasteiger partial charge in [-0.25, -0.2) is 4.85 Å².